The zero-order valence-corrected chi connectivity index (χ0v) is 24.5. The normalized spacial score (nSPS) is 13.3. The van der Waals surface area contributed by atoms with Crippen LogP contribution in [0.25, 0.3) is 0 Å². The highest BCUT2D eigenvalue weighted by atomic mass is 32.2. The van der Waals surface area contributed by atoms with Crippen molar-refractivity contribution in [3.63, 3.8) is 0 Å². The zero-order chi connectivity index (χ0) is 30.6. The smallest absolute Gasteiger partial charge is 0.271 e. The highest BCUT2D eigenvalue weighted by Gasteiger charge is 2.33. The van der Waals surface area contributed by atoms with Gasteiger partial charge in [-0.05, 0) is 67.0 Å². The lowest BCUT2D eigenvalue weighted by Crippen LogP contribution is -2.36. The van der Waals surface area contributed by atoms with Crippen LogP contribution in [-0.2, 0) is 29.7 Å². The van der Waals surface area contributed by atoms with E-state index >= 15 is 8.78 Å². The van der Waals surface area contributed by atoms with E-state index in [2.05, 4.69) is 15.2 Å². The van der Waals surface area contributed by atoms with Crippen molar-refractivity contribution in [2.24, 2.45) is 0 Å². The van der Waals surface area contributed by atoms with Crippen molar-refractivity contribution in [3.05, 3.63) is 107 Å². The second kappa shape index (κ2) is 12.9. The molecule has 1 aliphatic rings. The van der Waals surface area contributed by atoms with E-state index in [1.54, 1.807) is 12.1 Å². The molecule has 0 saturated carbocycles. The third-order valence-electron chi connectivity index (χ3n) is 7.25. The summed E-state index contributed by atoms with van der Waals surface area (Å²) in [4.78, 5) is 4.80. The molecule has 0 spiro atoms. The van der Waals surface area contributed by atoms with E-state index in [1.165, 1.54) is 32.4 Å². The van der Waals surface area contributed by atoms with E-state index in [-0.39, 0.29) is 23.8 Å². The first-order chi connectivity index (χ1) is 20.7. The first-order valence-electron chi connectivity index (χ1n) is 13.6. The number of rotatable bonds is 12. The molecule has 0 amide bonds. The van der Waals surface area contributed by atoms with Crippen LogP contribution in [-0.4, -0.2) is 45.6 Å². The maximum atomic E-state index is 15.5. The Morgan fingerprint density at radius 2 is 1.60 bits per heavy atom. The zero-order valence-electron chi connectivity index (χ0n) is 23.7. The van der Waals surface area contributed by atoms with Gasteiger partial charge < -0.3 is 14.8 Å². The van der Waals surface area contributed by atoms with Crippen LogP contribution in [0.5, 0.6) is 11.5 Å². The number of methoxy groups -OCH3 is 2. The summed E-state index contributed by atoms with van der Waals surface area (Å²) >= 11 is 0. The van der Waals surface area contributed by atoms with Gasteiger partial charge in [0.15, 0.2) is 4.90 Å². The van der Waals surface area contributed by atoms with E-state index in [1.807, 2.05) is 24.3 Å². The lowest BCUT2D eigenvalue weighted by molar-refractivity contribution is 0.172. The molecule has 5 rings (SSSR count). The van der Waals surface area contributed by atoms with Gasteiger partial charge in [-0.25, -0.2) is 26.5 Å². The maximum Gasteiger partial charge on any atom is 0.271 e. The van der Waals surface area contributed by atoms with Crippen LogP contribution < -0.4 is 19.1 Å². The second-order valence-electron chi connectivity index (χ2n) is 10.0. The molecule has 12 heteroatoms. The Morgan fingerprint density at radius 1 is 0.884 bits per heavy atom. The Balaban J connectivity index is 1.46. The van der Waals surface area contributed by atoms with Gasteiger partial charge in [0.1, 0.15) is 29.0 Å². The number of halogens is 3. The van der Waals surface area contributed by atoms with Gasteiger partial charge in [-0.3, -0.25) is 4.90 Å². The highest BCUT2D eigenvalue weighted by Crippen LogP contribution is 2.33. The highest BCUT2D eigenvalue weighted by molar-refractivity contribution is 7.92. The van der Waals surface area contributed by atoms with E-state index < -0.39 is 39.0 Å². The van der Waals surface area contributed by atoms with Crippen molar-refractivity contribution in [2.45, 2.75) is 31.0 Å². The quantitative estimate of drug-likeness (QED) is 0.205. The topological polar surface area (TPSA) is 84.0 Å². The molecule has 4 aromatic rings. The second-order valence-corrected chi connectivity index (χ2v) is 11.8. The van der Waals surface area contributed by atoms with Crippen molar-refractivity contribution < 1.29 is 31.1 Å². The van der Waals surface area contributed by atoms with E-state index in [0.29, 0.717) is 15.6 Å². The van der Waals surface area contributed by atoms with Crippen LogP contribution in [0.2, 0.25) is 0 Å². The molecule has 1 N–H and O–H groups in total. The Bertz CT molecular complexity index is 1690. The van der Waals surface area contributed by atoms with Crippen molar-refractivity contribution in [1.29, 1.82) is 0 Å². The van der Waals surface area contributed by atoms with Crippen LogP contribution in [0.4, 0.5) is 24.7 Å². The van der Waals surface area contributed by atoms with Crippen molar-refractivity contribution >= 4 is 21.5 Å². The monoisotopic (exact) mass is 612 g/mol. The summed E-state index contributed by atoms with van der Waals surface area (Å²) in [5, 5.41) is 3.01. The number of nitrogens with zero attached hydrogens (tertiary/aromatic N) is 3. The van der Waals surface area contributed by atoms with Gasteiger partial charge in [0.05, 0.1) is 20.8 Å². The van der Waals surface area contributed by atoms with Gasteiger partial charge in [-0.15, -0.1) is 0 Å². The Labute approximate surface area is 248 Å². The minimum Gasteiger partial charge on any atom is -0.497 e. The summed E-state index contributed by atoms with van der Waals surface area (Å²) < 4.78 is 84.2. The van der Waals surface area contributed by atoms with Crippen molar-refractivity contribution in [1.82, 2.24) is 9.88 Å². The molecular weight excluding hydrogens is 581 g/mol. The lowest BCUT2D eigenvalue weighted by atomic mass is 10.1. The summed E-state index contributed by atoms with van der Waals surface area (Å²) in [6, 6.07) is 17.8. The molecule has 0 atom stereocenters. The van der Waals surface area contributed by atoms with Crippen LogP contribution >= 0.6 is 0 Å². The SMILES string of the molecule is COc1ccc(CN(c2cccc(F)n2)S(=O)(=O)c2c(F)cc(NCc3ccccc3CN3CCC3)cc2F)c(OC)c1. The molecule has 0 radical (unpaired) electrons. The molecule has 1 fully saturated rings. The maximum absolute atomic E-state index is 15.5. The van der Waals surface area contributed by atoms with Crippen LogP contribution in [0.1, 0.15) is 23.1 Å². The molecule has 43 heavy (non-hydrogen) atoms. The van der Waals surface area contributed by atoms with Crippen molar-refractivity contribution in [2.75, 3.05) is 36.9 Å². The van der Waals surface area contributed by atoms with Gasteiger partial charge in [0, 0.05) is 30.4 Å². The van der Waals surface area contributed by atoms with Gasteiger partial charge in [0.2, 0.25) is 5.95 Å². The van der Waals surface area contributed by atoms with Gasteiger partial charge >= 0.3 is 0 Å². The van der Waals surface area contributed by atoms with Crippen molar-refractivity contribution in [3.8, 4) is 11.5 Å². The number of hydrogen-bond donors (Lipinski definition) is 1. The molecule has 2 heterocycles. The number of anilines is 2. The molecule has 1 aliphatic heterocycles. The number of pyridine rings is 1. The third-order valence-corrected chi connectivity index (χ3v) is 9.06. The van der Waals surface area contributed by atoms with Crippen LogP contribution in [0.3, 0.4) is 0 Å². The summed E-state index contributed by atoms with van der Waals surface area (Å²) in [5.41, 5.74) is 2.46. The summed E-state index contributed by atoms with van der Waals surface area (Å²) in [7, 11) is -2.10. The molecular formula is C31H31F3N4O4S. The molecule has 1 saturated heterocycles. The Hall–Kier alpha value is -4.29. The number of benzene rings is 3. The average Bonchev–Trinajstić information content (AvgIpc) is 2.96. The first-order valence-corrected chi connectivity index (χ1v) is 15.0. The average molecular weight is 613 g/mol. The third kappa shape index (κ3) is 6.70. The summed E-state index contributed by atoms with van der Waals surface area (Å²) in [5.74, 6) is -3.24. The summed E-state index contributed by atoms with van der Waals surface area (Å²) in [6.45, 7) is 2.66. The first kappa shape index (κ1) is 30.2. The van der Waals surface area contributed by atoms with Crippen LogP contribution in [0, 0.1) is 17.6 Å². The fourth-order valence-electron chi connectivity index (χ4n) is 4.84. The van der Waals surface area contributed by atoms with Gasteiger partial charge in [0.25, 0.3) is 10.0 Å². The molecule has 1 aromatic heterocycles. The molecule has 0 aliphatic carbocycles. The number of hydrogen-bond acceptors (Lipinski definition) is 7. The number of nitrogens with one attached hydrogen (secondary N) is 1. The van der Waals surface area contributed by atoms with E-state index in [4.69, 9.17) is 9.47 Å². The predicted octanol–water partition coefficient (Wildman–Crippen LogP) is 5.73. The molecule has 0 bridgehead atoms. The van der Waals surface area contributed by atoms with E-state index in [0.717, 1.165) is 55.4 Å². The lowest BCUT2D eigenvalue weighted by Gasteiger charge is -2.31. The molecule has 226 valence electrons. The Morgan fingerprint density at radius 3 is 2.23 bits per heavy atom. The minimum atomic E-state index is -4.94. The van der Waals surface area contributed by atoms with E-state index in [9.17, 15) is 12.8 Å². The standard InChI is InChI=1S/C31H31F3N4O4S/c1-41-25-12-11-23(28(17-25)42-2)20-38(30-10-5-9-29(34)36-30)43(39,40)31-26(32)15-24(16-27(31)33)35-18-21-7-3-4-8-22(21)19-37-13-6-14-37/h3-5,7-12,15-17,35H,6,13-14,18-20H2,1-2H3. The molecule has 8 nitrogen and oxygen atoms in total. The molecule has 0 unspecified atom stereocenters. The Kier molecular flexibility index (Phi) is 9.07. The number of likely N-dealkylation sites (tertiary alicyclic amines) is 1. The summed E-state index contributed by atoms with van der Waals surface area (Å²) in [6.07, 6.45) is 1.16. The minimum absolute atomic E-state index is 0.0694. The predicted molar refractivity (Wildman–Crippen MR) is 157 cm³/mol. The number of sulfonamides is 1. The van der Waals surface area contributed by atoms with Gasteiger partial charge in [-0.2, -0.15) is 4.39 Å². The number of ether oxygens (including phenoxy) is 2. The molecule has 3 aromatic carbocycles. The largest absolute Gasteiger partial charge is 0.497 e. The van der Waals surface area contributed by atoms with Gasteiger partial charge in [-0.1, -0.05) is 30.3 Å². The fourth-order valence-corrected chi connectivity index (χ4v) is 6.33. The van der Waals surface area contributed by atoms with Crippen LogP contribution in [0.15, 0.2) is 77.7 Å². The fraction of sp³-hybridized carbons (Fsp3) is 0.258. The number of aromatic nitrogens is 1.